The monoisotopic (exact) mass is 228 g/mol. The molecule has 1 atom stereocenters. The van der Waals surface area contributed by atoms with Crippen LogP contribution in [0.2, 0.25) is 5.02 Å². The van der Waals surface area contributed by atoms with Crippen LogP contribution in [0.1, 0.15) is 11.6 Å². The SMILES string of the molecule is CN(C)C(C(N)=S)c1ccc(Cl)cc1. The number of nitrogens with two attached hydrogens (primary N) is 1. The van der Waals surface area contributed by atoms with Crippen molar-refractivity contribution >= 4 is 28.8 Å². The van der Waals surface area contributed by atoms with Crippen molar-refractivity contribution in [1.82, 2.24) is 4.90 Å². The summed E-state index contributed by atoms with van der Waals surface area (Å²) < 4.78 is 0. The average molecular weight is 229 g/mol. The van der Waals surface area contributed by atoms with Gasteiger partial charge in [-0.1, -0.05) is 36.0 Å². The van der Waals surface area contributed by atoms with Crippen LogP contribution in [-0.2, 0) is 0 Å². The van der Waals surface area contributed by atoms with E-state index in [9.17, 15) is 0 Å². The van der Waals surface area contributed by atoms with Gasteiger partial charge < -0.3 is 5.73 Å². The van der Waals surface area contributed by atoms with Crippen LogP contribution in [0.25, 0.3) is 0 Å². The van der Waals surface area contributed by atoms with Gasteiger partial charge in [-0.2, -0.15) is 0 Å². The number of hydrogen-bond donors (Lipinski definition) is 1. The maximum atomic E-state index is 5.80. The van der Waals surface area contributed by atoms with E-state index < -0.39 is 0 Å². The first-order valence-corrected chi connectivity index (χ1v) is 5.02. The first-order chi connectivity index (χ1) is 6.52. The predicted octanol–water partition coefficient (Wildman–Crippen LogP) is 2.23. The van der Waals surface area contributed by atoms with Gasteiger partial charge in [-0.15, -0.1) is 0 Å². The second kappa shape index (κ2) is 4.73. The Labute approximate surface area is 94.7 Å². The van der Waals surface area contributed by atoms with E-state index in [0.29, 0.717) is 10.0 Å². The lowest BCUT2D eigenvalue weighted by molar-refractivity contribution is 0.371. The van der Waals surface area contributed by atoms with Crippen LogP contribution in [0, 0.1) is 0 Å². The smallest absolute Gasteiger partial charge is 0.0948 e. The van der Waals surface area contributed by atoms with Crippen LogP contribution in [0.4, 0.5) is 0 Å². The summed E-state index contributed by atoms with van der Waals surface area (Å²) in [5, 5.41) is 0.717. The Morgan fingerprint density at radius 2 is 1.86 bits per heavy atom. The summed E-state index contributed by atoms with van der Waals surface area (Å²) in [5.41, 5.74) is 6.73. The number of rotatable bonds is 3. The maximum Gasteiger partial charge on any atom is 0.0948 e. The zero-order chi connectivity index (χ0) is 10.7. The van der Waals surface area contributed by atoms with Gasteiger partial charge in [-0.3, -0.25) is 4.90 Å². The summed E-state index contributed by atoms with van der Waals surface area (Å²) >= 11 is 10.8. The topological polar surface area (TPSA) is 29.3 Å². The number of hydrogen-bond acceptors (Lipinski definition) is 2. The van der Waals surface area contributed by atoms with Gasteiger partial charge >= 0.3 is 0 Å². The van der Waals surface area contributed by atoms with E-state index in [1.165, 1.54) is 0 Å². The zero-order valence-corrected chi connectivity index (χ0v) is 9.77. The molecule has 0 saturated carbocycles. The lowest BCUT2D eigenvalue weighted by Crippen LogP contribution is -2.31. The molecule has 4 heteroatoms. The molecule has 0 radical (unpaired) electrons. The number of likely N-dealkylation sites (N-methyl/N-ethyl adjacent to an activating group) is 1. The molecule has 0 aliphatic rings. The molecule has 1 unspecified atom stereocenters. The Balaban J connectivity index is 3.00. The highest BCUT2D eigenvalue weighted by molar-refractivity contribution is 7.80. The molecule has 1 aromatic rings. The van der Waals surface area contributed by atoms with E-state index in [2.05, 4.69) is 0 Å². The Morgan fingerprint density at radius 1 is 1.36 bits per heavy atom. The second-order valence-electron chi connectivity index (χ2n) is 3.32. The van der Waals surface area contributed by atoms with Crippen molar-refractivity contribution in [1.29, 1.82) is 0 Å². The Hall–Kier alpha value is -0.640. The van der Waals surface area contributed by atoms with E-state index >= 15 is 0 Å². The number of thiocarbonyl (C=S) groups is 1. The van der Waals surface area contributed by atoms with E-state index in [0.717, 1.165) is 5.56 Å². The van der Waals surface area contributed by atoms with Crippen LogP contribution in [-0.4, -0.2) is 24.0 Å². The summed E-state index contributed by atoms with van der Waals surface area (Å²) in [6.45, 7) is 0. The minimum absolute atomic E-state index is 0.0257. The third kappa shape index (κ3) is 2.67. The fourth-order valence-corrected chi connectivity index (χ4v) is 1.83. The van der Waals surface area contributed by atoms with Crippen molar-refractivity contribution in [3.05, 3.63) is 34.9 Å². The van der Waals surface area contributed by atoms with E-state index in [4.69, 9.17) is 29.6 Å². The quantitative estimate of drug-likeness (QED) is 0.805. The van der Waals surface area contributed by atoms with Crippen molar-refractivity contribution in [3.8, 4) is 0 Å². The highest BCUT2D eigenvalue weighted by Gasteiger charge is 2.16. The molecule has 0 aliphatic heterocycles. The minimum atomic E-state index is -0.0257. The summed E-state index contributed by atoms with van der Waals surface area (Å²) in [6.07, 6.45) is 0. The molecular weight excluding hydrogens is 216 g/mol. The first kappa shape index (κ1) is 11.4. The molecule has 1 rings (SSSR count). The van der Waals surface area contributed by atoms with Crippen LogP contribution in [0.3, 0.4) is 0 Å². The Kier molecular flexibility index (Phi) is 3.86. The molecule has 0 fully saturated rings. The van der Waals surface area contributed by atoms with Gasteiger partial charge in [-0.05, 0) is 31.8 Å². The largest absolute Gasteiger partial charge is 0.392 e. The molecule has 1 aromatic carbocycles. The zero-order valence-electron chi connectivity index (χ0n) is 8.20. The fourth-order valence-electron chi connectivity index (χ4n) is 1.36. The third-order valence-electron chi connectivity index (χ3n) is 1.97. The van der Waals surface area contributed by atoms with E-state index in [1.807, 2.05) is 43.3 Å². The van der Waals surface area contributed by atoms with Crippen LogP contribution >= 0.6 is 23.8 Å². The molecule has 0 aliphatic carbocycles. The van der Waals surface area contributed by atoms with Crippen molar-refractivity contribution < 1.29 is 0 Å². The average Bonchev–Trinajstić information content (AvgIpc) is 2.07. The van der Waals surface area contributed by atoms with Gasteiger partial charge in [0.15, 0.2) is 0 Å². The van der Waals surface area contributed by atoms with Gasteiger partial charge in [0.1, 0.15) is 0 Å². The van der Waals surface area contributed by atoms with Crippen molar-refractivity contribution in [2.75, 3.05) is 14.1 Å². The van der Waals surface area contributed by atoms with E-state index in [-0.39, 0.29) is 6.04 Å². The molecule has 0 bridgehead atoms. The molecule has 0 spiro atoms. The van der Waals surface area contributed by atoms with Gasteiger partial charge in [0, 0.05) is 5.02 Å². The number of benzene rings is 1. The Bertz CT molecular complexity index is 321. The number of halogens is 1. The third-order valence-corrected chi connectivity index (χ3v) is 2.45. The van der Waals surface area contributed by atoms with E-state index in [1.54, 1.807) is 0 Å². The van der Waals surface area contributed by atoms with Gasteiger partial charge in [0.2, 0.25) is 0 Å². The molecule has 76 valence electrons. The lowest BCUT2D eigenvalue weighted by Gasteiger charge is -2.23. The fraction of sp³-hybridized carbons (Fsp3) is 0.300. The van der Waals surface area contributed by atoms with Crippen molar-refractivity contribution in [3.63, 3.8) is 0 Å². The Morgan fingerprint density at radius 3 is 2.21 bits per heavy atom. The molecule has 2 nitrogen and oxygen atoms in total. The van der Waals surface area contributed by atoms with Crippen LogP contribution in [0.5, 0.6) is 0 Å². The standard InChI is InChI=1S/C10H13ClN2S/c1-13(2)9(10(12)14)7-3-5-8(11)6-4-7/h3-6,9H,1-2H3,(H2,12,14). The molecule has 0 saturated heterocycles. The highest BCUT2D eigenvalue weighted by atomic mass is 35.5. The molecule has 0 aromatic heterocycles. The van der Waals surface area contributed by atoms with Gasteiger partial charge in [-0.25, -0.2) is 0 Å². The highest BCUT2D eigenvalue weighted by Crippen LogP contribution is 2.20. The molecule has 14 heavy (non-hydrogen) atoms. The summed E-state index contributed by atoms with van der Waals surface area (Å²) in [6, 6.07) is 7.53. The van der Waals surface area contributed by atoms with Crippen LogP contribution < -0.4 is 5.73 Å². The van der Waals surface area contributed by atoms with Crippen LogP contribution in [0.15, 0.2) is 24.3 Å². The molecule has 0 amide bonds. The minimum Gasteiger partial charge on any atom is -0.392 e. The van der Waals surface area contributed by atoms with Gasteiger partial charge in [0.25, 0.3) is 0 Å². The molecule has 2 N–H and O–H groups in total. The first-order valence-electron chi connectivity index (χ1n) is 4.23. The lowest BCUT2D eigenvalue weighted by atomic mass is 10.1. The number of nitrogens with zero attached hydrogens (tertiary/aromatic N) is 1. The van der Waals surface area contributed by atoms with Gasteiger partial charge in [0.05, 0.1) is 11.0 Å². The second-order valence-corrected chi connectivity index (χ2v) is 4.23. The molecule has 0 heterocycles. The normalized spacial score (nSPS) is 12.9. The molecular formula is C10H13ClN2S. The predicted molar refractivity (Wildman–Crippen MR) is 64.7 cm³/mol. The summed E-state index contributed by atoms with van der Waals surface area (Å²) in [4.78, 5) is 2.45. The summed E-state index contributed by atoms with van der Waals surface area (Å²) in [7, 11) is 3.89. The van der Waals surface area contributed by atoms with Crippen molar-refractivity contribution in [2.45, 2.75) is 6.04 Å². The maximum absolute atomic E-state index is 5.80. The summed E-state index contributed by atoms with van der Waals surface area (Å²) in [5.74, 6) is 0. The van der Waals surface area contributed by atoms with Crippen molar-refractivity contribution in [2.24, 2.45) is 5.73 Å².